The van der Waals surface area contributed by atoms with Gasteiger partial charge >= 0.3 is 5.69 Å². The largest absolute Gasteiger partial charge is 0.490 e. The smallest absolute Gasteiger partial charge is 0.350 e. The molecule has 4 aromatic rings. The molecule has 41 heavy (non-hydrogen) atoms. The fourth-order valence-corrected chi connectivity index (χ4v) is 3.83. The number of aromatic amines is 1. The van der Waals surface area contributed by atoms with E-state index >= 15 is 0 Å². The van der Waals surface area contributed by atoms with Crippen LogP contribution in [0.1, 0.15) is 42.3 Å². The number of benzene rings is 2. The number of amidine groups is 1. The minimum absolute atomic E-state index is 0.000507. The van der Waals surface area contributed by atoms with Crippen LogP contribution >= 0.6 is 0 Å². The molecule has 0 amide bonds. The van der Waals surface area contributed by atoms with Gasteiger partial charge in [-0.15, -0.1) is 9.78 Å². The highest BCUT2D eigenvalue weighted by Crippen LogP contribution is 2.34. The lowest BCUT2D eigenvalue weighted by atomic mass is 9.90. The van der Waals surface area contributed by atoms with Gasteiger partial charge in [-0.2, -0.15) is 0 Å². The molecule has 5 N–H and O–H groups in total. The molecule has 0 aliphatic heterocycles. The number of H-pyrrole nitrogens is 1. The molecule has 0 bridgehead atoms. The molecule has 1 unspecified atom stereocenters. The van der Waals surface area contributed by atoms with Crippen molar-refractivity contribution >= 4 is 11.8 Å². The highest BCUT2D eigenvalue weighted by molar-refractivity contribution is 5.94. The number of hydrogen-bond donors (Lipinski definition) is 4. The monoisotopic (exact) mass is 563 g/mol. The van der Waals surface area contributed by atoms with Gasteiger partial charge in [-0.1, -0.05) is 30.3 Å². The van der Waals surface area contributed by atoms with Crippen LogP contribution in [-0.2, 0) is 16.0 Å². The predicted molar refractivity (Wildman–Crippen MR) is 151 cm³/mol. The molecule has 0 aliphatic rings. The highest BCUT2D eigenvalue weighted by Gasteiger charge is 2.23. The van der Waals surface area contributed by atoms with Crippen molar-refractivity contribution in [1.29, 1.82) is 5.41 Å². The third-order valence-electron chi connectivity index (χ3n) is 5.63. The van der Waals surface area contributed by atoms with Crippen LogP contribution < -0.4 is 20.9 Å². The summed E-state index contributed by atoms with van der Waals surface area (Å²) in [5.41, 5.74) is 7.64. The van der Waals surface area contributed by atoms with Crippen LogP contribution in [0.4, 0.5) is 0 Å². The van der Waals surface area contributed by atoms with E-state index in [0.29, 0.717) is 49.1 Å². The van der Waals surface area contributed by atoms with E-state index in [1.807, 2.05) is 37.3 Å². The van der Waals surface area contributed by atoms with Crippen LogP contribution in [0.5, 0.6) is 11.5 Å². The first-order valence-electron chi connectivity index (χ1n) is 12.7. The topological polar surface area (TPSA) is 191 Å². The molecule has 0 aliphatic carbocycles. The number of nitrogens with zero attached hydrogens (tertiary/aromatic N) is 4. The lowest BCUT2D eigenvalue weighted by molar-refractivity contribution is -0.134. The lowest BCUT2D eigenvalue weighted by Gasteiger charge is -2.18. The Morgan fingerprint density at radius 3 is 2.39 bits per heavy atom. The van der Waals surface area contributed by atoms with Crippen molar-refractivity contribution < 1.29 is 24.1 Å². The fourth-order valence-electron chi connectivity index (χ4n) is 3.83. The molecule has 0 saturated carbocycles. The van der Waals surface area contributed by atoms with Crippen molar-refractivity contribution in [3.8, 4) is 17.4 Å². The normalized spacial score (nSPS) is 11.2. The van der Waals surface area contributed by atoms with Crippen LogP contribution in [0, 0.1) is 5.41 Å². The van der Waals surface area contributed by atoms with Gasteiger partial charge in [0.25, 0.3) is 11.9 Å². The van der Waals surface area contributed by atoms with E-state index in [-0.39, 0.29) is 17.7 Å². The molecule has 0 spiro atoms. The maximum atomic E-state index is 12.8. The highest BCUT2D eigenvalue weighted by atomic mass is 16.5. The molecule has 1 atom stereocenters. The van der Waals surface area contributed by atoms with E-state index in [1.165, 1.54) is 0 Å². The predicted octanol–water partition coefficient (Wildman–Crippen LogP) is 2.52. The summed E-state index contributed by atoms with van der Waals surface area (Å²) in [5, 5.41) is 19.6. The zero-order valence-corrected chi connectivity index (χ0v) is 23.0. The Labute approximate surface area is 236 Å². The van der Waals surface area contributed by atoms with Crippen LogP contribution in [0.3, 0.4) is 0 Å². The summed E-state index contributed by atoms with van der Waals surface area (Å²) in [6.07, 6.45) is 3.61. The molecule has 4 rings (SSSR count). The first kappa shape index (κ1) is 30.5. The third kappa shape index (κ3) is 8.73. The van der Waals surface area contributed by atoms with Gasteiger partial charge in [0.1, 0.15) is 18.3 Å². The molecular formula is C28H33N7O6. The minimum Gasteiger partial charge on any atom is -0.490 e. The average molecular weight is 564 g/mol. The Hall–Kier alpha value is -5.04. The van der Waals surface area contributed by atoms with Gasteiger partial charge in [-0.05, 0) is 42.7 Å². The van der Waals surface area contributed by atoms with Gasteiger partial charge in [0, 0.05) is 37.9 Å². The average Bonchev–Trinajstić information content (AvgIpc) is 3.34. The fraction of sp³-hybridized carbons (Fsp3) is 0.286. The number of nitrogen functional groups attached to an aromatic ring is 1. The van der Waals surface area contributed by atoms with Gasteiger partial charge < -0.3 is 25.1 Å². The van der Waals surface area contributed by atoms with Crippen molar-refractivity contribution in [3.05, 3.63) is 93.9 Å². The summed E-state index contributed by atoms with van der Waals surface area (Å²) in [4.78, 5) is 32.9. The maximum Gasteiger partial charge on any atom is 0.350 e. The number of aromatic nitrogens is 5. The Morgan fingerprint density at radius 2 is 1.78 bits per heavy atom. The number of ether oxygens (including phenoxy) is 3. The van der Waals surface area contributed by atoms with Crippen LogP contribution in [0.2, 0.25) is 0 Å². The standard InChI is InChI=1S/C26H29N7O4.C2H4O2/c1-3-36-22-16-19(9-10-21(22)37-14-13-35-2)20(15-17-5-7-18(8-6-17)23(27)28)24-31-26(34)33(32-24)25-29-11-4-12-30-25;1-2(3)4/h4-12,16,20H,3,13-15H2,1-2H3,(H3,27,28)(H,31,32,34);1H3,(H,3,4). The first-order valence-corrected chi connectivity index (χ1v) is 12.7. The minimum atomic E-state index is -0.833. The first-order chi connectivity index (χ1) is 19.7. The Balaban J connectivity index is 0.00000108. The van der Waals surface area contributed by atoms with Crippen molar-refractivity contribution in [2.75, 3.05) is 26.9 Å². The van der Waals surface area contributed by atoms with E-state index in [4.69, 9.17) is 35.3 Å². The molecule has 2 heterocycles. The zero-order chi connectivity index (χ0) is 29.8. The van der Waals surface area contributed by atoms with E-state index in [2.05, 4.69) is 20.1 Å². The van der Waals surface area contributed by atoms with Crippen molar-refractivity contribution in [2.45, 2.75) is 26.2 Å². The summed E-state index contributed by atoms with van der Waals surface area (Å²) >= 11 is 0. The number of aliphatic carboxylic acids is 1. The Bertz CT molecular complexity index is 1480. The van der Waals surface area contributed by atoms with E-state index < -0.39 is 11.7 Å². The number of nitrogens with one attached hydrogen (secondary N) is 2. The summed E-state index contributed by atoms with van der Waals surface area (Å²) in [7, 11) is 1.61. The van der Waals surface area contributed by atoms with Gasteiger partial charge in [0.05, 0.1) is 13.2 Å². The molecule has 2 aromatic heterocycles. The second-order valence-electron chi connectivity index (χ2n) is 8.64. The van der Waals surface area contributed by atoms with E-state index in [0.717, 1.165) is 22.7 Å². The summed E-state index contributed by atoms with van der Waals surface area (Å²) in [6.45, 7) is 4.28. The van der Waals surface area contributed by atoms with Gasteiger partial charge in [-0.3, -0.25) is 15.2 Å². The Kier molecular flexibility index (Phi) is 11.1. The number of carboxylic acid groups (broad SMARTS) is 1. The van der Waals surface area contributed by atoms with E-state index in [9.17, 15) is 4.79 Å². The van der Waals surface area contributed by atoms with E-state index in [1.54, 1.807) is 37.7 Å². The van der Waals surface area contributed by atoms with Crippen LogP contribution in [-0.4, -0.2) is 68.6 Å². The summed E-state index contributed by atoms with van der Waals surface area (Å²) < 4.78 is 17.9. The molecule has 0 radical (unpaired) electrons. The van der Waals surface area contributed by atoms with Gasteiger partial charge in [-0.25, -0.2) is 14.8 Å². The SMILES string of the molecule is CC(=O)O.CCOc1cc(C(Cc2ccc(C(=N)N)cc2)c2nn(-c3ncccn3)c(=O)[nH]2)ccc1OCCOC. The second kappa shape index (κ2) is 14.9. The molecule has 0 saturated heterocycles. The zero-order valence-electron chi connectivity index (χ0n) is 23.0. The molecule has 13 heteroatoms. The lowest BCUT2D eigenvalue weighted by Crippen LogP contribution is -2.18. The molecule has 2 aromatic carbocycles. The van der Waals surface area contributed by atoms with Crippen molar-refractivity contribution in [2.24, 2.45) is 5.73 Å². The van der Waals surface area contributed by atoms with Crippen molar-refractivity contribution in [3.63, 3.8) is 0 Å². The molecule has 216 valence electrons. The summed E-state index contributed by atoms with van der Waals surface area (Å²) in [5.74, 6) is 0.637. The number of rotatable bonds is 12. The third-order valence-corrected chi connectivity index (χ3v) is 5.63. The number of carboxylic acids is 1. The van der Waals surface area contributed by atoms with Gasteiger partial charge in [0.15, 0.2) is 11.5 Å². The Morgan fingerprint density at radius 1 is 1.10 bits per heavy atom. The van der Waals surface area contributed by atoms with Gasteiger partial charge in [0.2, 0.25) is 0 Å². The van der Waals surface area contributed by atoms with Crippen LogP contribution in [0.25, 0.3) is 5.95 Å². The van der Waals surface area contributed by atoms with Crippen molar-refractivity contribution in [1.82, 2.24) is 24.7 Å². The molecule has 13 nitrogen and oxygen atoms in total. The molecular weight excluding hydrogens is 530 g/mol. The second-order valence-corrected chi connectivity index (χ2v) is 8.64. The number of nitrogens with two attached hydrogens (primary N) is 1. The quantitative estimate of drug-likeness (QED) is 0.113. The number of carbonyl (C=O) groups is 1. The number of hydrogen-bond acceptors (Lipinski definition) is 9. The van der Waals surface area contributed by atoms with Crippen LogP contribution in [0.15, 0.2) is 65.7 Å². The number of methoxy groups -OCH3 is 1. The molecule has 0 fully saturated rings. The summed E-state index contributed by atoms with van der Waals surface area (Å²) in [6, 6.07) is 14.7. The maximum absolute atomic E-state index is 12.8.